The van der Waals surface area contributed by atoms with E-state index in [2.05, 4.69) is 10.3 Å². The summed E-state index contributed by atoms with van der Waals surface area (Å²) in [6.45, 7) is 0.467. The summed E-state index contributed by atoms with van der Waals surface area (Å²) in [5.74, 6) is -0.440. The molecule has 0 aliphatic carbocycles. The molecule has 22 heavy (non-hydrogen) atoms. The largest absolute Gasteiger partial charge is 0.361 e. The highest BCUT2D eigenvalue weighted by Crippen LogP contribution is 2.19. The molecular formula is C17H14ClFN2O. The number of aromatic nitrogens is 1. The first-order valence-corrected chi connectivity index (χ1v) is 7.30. The number of aromatic amines is 1. The van der Waals surface area contributed by atoms with Gasteiger partial charge in [0, 0.05) is 34.2 Å². The van der Waals surface area contributed by atoms with Crippen LogP contribution in [0, 0.1) is 5.82 Å². The number of H-pyrrole nitrogens is 1. The summed E-state index contributed by atoms with van der Waals surface area (Å²) in [4.78, 5) is 15.1. The van der Waals surface area contributed by atoms with Gasteiger partial charge in [0.15, 0.2) is 0 Å². The van der Waals surface area contributed by atoms with Crippen LogP contribution in [0.15, 0.2) is 48.7 Å². The van der Waals surface area contributed by atoms with Crippen LogP contribution in [0.1, 0.15) is 15.9 Å². The van der Waals surface area contributed by atoms with Gasteiger partial charge in [0.25, 0.3) is 5.91 Å². The molecule has 0 atom stereocenters. The van der Waals surface area contributed by atoms with Gasteiger partial charge in [0.05, 0.1) is 0 Å². The molecule has 0 unspecified atom stereocenters. The maximum absolute atomic E-state index is 13.3. The van der Waals surface area contributed by atoms with E-state index in [-0.39, 0.29) is 11.7 Å². The molecule has 1 heterocycles. The molecule has 1 aromatic heterocycles. The fourth-order valence-corrected chi connectivity index (χ4v) is 2.59. The van der Waals surface area contributed by atoms with Crippen molar-refractivity contribution in [1.29, 1.82) is 0 Å². The number of carbonyl (C=O) groups excluding carboxylic acids is 1. The van der Waals surface area contributed by atoms with Crippen molar-refractivity contribution in [3.63, 3.8) is 0 Å². The molecule has 2 N–H and O–H groups in total. The van der Waals surface area contributed by atoms with Crippen molar-refractivity contribution in [2.45, 2.75) is 6.42 Å². The minimum Gasteiger partial charge on any atom is -0.361 e. The summed E-state index contributed by atoms with van der Waals surface area (Å²) >= 11 is 5.86. The fourth-order valence-electron chi connectivity index (χ4n) is 2.40. The second kappa shape index (κ2) is 6.20. The van der Waals surface area contributed by atoms with Crippen LogP contribution in [-0.2, 0) is 6.42 Å². The van der Waals surface area contributed by atoms with E-state index in [4.69, 9.17) is 11.6 Å². The van der Waals surface area contributed by atoms with E-state index in [9.17, 15) is 9.18 Å². The highest BCUT2D eigenvalue weighted by molar-refractivity contribution is 6.30. The minimum atomic E-state index is -0.267. The monoisotopic (exact) mass is 316 g/mol. The molecule has 0 saturated heterocycles. The first kappa shape index (κ1) is 14.6. The Bertz CT molecular complexity index is 828. The standard InChI is InChI=1S/C17H14ClFN2O/c18-13-3-1-2-11(8-13)17(22)20-7-6-12-10-21-16-5-4-14(19)9-15(12)16/h1-5,8-10,21H,6-7H2,(H,20,22). The van der Waals surface area contributed by atoms with Gasteiger partial charge in [-0.1, -0.05) is 17.7 Å². The van der Waals surface area contributed by atoms with Gasteiger partial charge in [-0.3, -0.25) is 4.79 Å². The predicted molar refractivity (Wildman–Crippen MR) is 85.7 cm³/mol. The van der Waals surface area contributed by atoms with Crippen molar-refractivity contribution in [3.05, 3.63) is 70.6 Å². The number of fused-ring (bicyclic) bond motifs is 1. The number of amides is 1. The molecule has 0 fully saturated rings. The molecule has 0 saturated carbocycles. The average molecular weight is 317 g/mol. The van der Waals surface area contributed by atoms with E-state index in [1.165, 1.54) is 12.1 Å². The minimum absolute atomic E-state index is 0.173. The van der Waals surface area contributed by atoms with Crippen molar-refractivity contribution in [2.24, 2.45) is 0 Å². The van der Waals surface area contributed by atoms with Crippen LogP contribution in [0.2, 0.25) is 5.02 Å². The van der Waals surface area contributed by atoms with Gasteiger partial charge in [-0.2, -0.15) is 0 Å². The van der Waals surface area contributed by atoms with Crippen LogP contribution in [0.5, 0.6) is 0 Å². The molecule has 1 amide bonds. The van der Waals surface area contributed by atoms with Crippen LogP contribution in [-0.4, -0.2) is 17.4 Å². The lowest BCUT2D eigenvalue weighted by Crippen LogP contribution is -2.25. The Morgan fingerprint density at radius 3 is 2.91 bits per heavy atom. The van der Waals surface area contributed by atoms with Crippen LogP contribution in [0.25, 0.3) is 10.9 Å². The number of hydrogen-bond acceptors (Lipinski definition) is 1. The van der Waals surface area contributed by atoms with Gasteiger partial charge in [-0.15, -0.1) is 0 Å². The molecule has 3 aromatic rings. The third-order valence-electron chi connectivity index (χ3n) is 3.50. The normalized spacial score (nSPS) is 10.8. The maximum Gasteiger partial charge on any atom is 0.251 e. The van der Waals surface area contributed by atoms with Gasteiger partial charge < -0.3 is 10.3 Å². The number of halogens is 2. The Morgan fingerprint density at radius 2 is 2.09 bits per heavy atom. The van der Waals surface area contributed by atoms with Gasteiger partial charge in [-0.25, -0.2) is 4.39 Å². The highest BCUT2D eigenvalue weighted by Gasteiger charge is 2.08. The van der Waals surface area contributed by atoms with Crippen LogP contribution in [0.3, 0.4) is 0 Å². The Morgan fingerprint density at radius 1 is 1.23 bits per heavy atom. The number of hydrogen-bond donors (Lipinski definition) is 2. The zero-order valence-electron chi connectivity index (χ0n) is 11.7. The SMILES string of the molecule is O=C(NCCc1c[nH]c2ccc(F)cc12)c1cccc(Cl)c1. The molecule has 5 heteroatoms. The van der Waals surface area contributed by atoms with E-state index >= 15 is 0 Å². The Balaban J connectivity index is 1.65. The van der Waals surface area contributed by atoms with E-state index in [0.717, 1.165) is 16.5 Å². The molecule has 0 aliphatic heterocycles. The topological polar surface area (TPSA) is 44.9 Å². The predicted octanol–water partition coefficient (Wildman–Crippen LogP) is 3.93. The van der Waals surface area contributed by atoms with Crippen molar-refractivity contribution in [2.75, 3.05) is 6.54 Å². The third kappa shape index (κ3) is 3.12. The van der Waals surface area contributed by atoms with Gasteiger partial charge in [0.2, 0.25) is 0 Å². The summed E-state index contributed by atoms with van der Waals surface area (Å²) in [6, 6.07) is 11.4. The van der Waals surface area contributed by atoms with Gasteiger partial charge >= 0.3 is 0 Å². The molecule has 0 spiro atoms. The third-order valence-corrected chi connectivity index (χ3v) is 3.73. The average Bonchev–Trinajstić information content (AvgIpc) is 2.89. The van der Waals surface area contributed by atoms with Gasteiger partial charge in [0.1, 0.15) is 5.82 Å². The summed E-state index contributed by atoms with van der Waals surface area (Å²) in [6.07, 6.45) is 2.46. The Kier molecular flexibility index (Phi) is 4.11. The molecular weight excluding hydrogens is 303 g/mol. The molecule has 3 rings (SSSR count). The van der Waals surface area contributed by atoms with Crippen LogP contribution >= 0.6 is 11.6 Å². The quantitative estimate of drug-likeness (QED) is 0.752. The number of carbonyl (C=O) groups is 1. The first-order chi connectivity index (χ1) is 10.6. The molecule has 0 radical (unpaired) electrons. The lowest BCUT2D eigenvalue weighted by atomic mass is 10.1. The van der Waals surface area contributed by atoms with Crippen LogP contribution in [0.4, 0.5) is 4.39 Å². The zero-order chi connectivity index (χ0) is 15.5. The summed E-state index contributed by atoms with van der Waals surface area (Å²) in [7, 11) is 0. The summed E-state index contributed by atoms with van der Waals surface area (Å²) < 4.78 is 13.3. The summed E-state index contributed by atoms with van der Waals surface area (Å²) in [5.41, 5.74) is 2.39. The second-order valence-corrected chi connectivity index (χ2v) is 5.46. The molecule has 112 valence electrons. The lowest BCUT2D eigenvalue weighted by Gasteiger charge is -2.05. The molecule has 3 nitrogen and oxygen atoms in total. The van der Waals surface area contributed by atoms with E-state index in [1.807, 2.05) is 6.20 Å². The molecule has 0 aliphatic rings. The number of benzene rings is 2. The molecule has 2 aromatic carbocycles. The zero-order valence-corrected chi connectivity index (χ0v) is 12.5. The number of rotatable bonds is 4. The second-order valence-electron chi connectivity index (χ2n) is 5.02. The summed E-state index contributed by atoms with van der Waals surface area (Å²) in [5, 5.41) is 4.21. The van der Waals surface area contributed by atoms with Crippen molar-refractivity contribution >= 4 is 28.4 Å². The Hall–Kier alpha value is -2.33. The van der Waals surface area contributed by atoms with Crippen LogP contribution < -0.4 is 5.32 Å². The maximum atomic E-state index is 13.3. The van der Waals surface area contributed by atoms with Gasteiger partial charge in [-0.05, 0) is 48.4 Å². The lowest BCUT2D eigenvalue weighted by molar-refractivity contribution is 0.0954. The van der Waals surface area contributed by atoms with Crippen molar-refractivity contribution in [1.82, 2.24) is 10.3 Å². The smallest absolute Gasteiger partial charge is 0.251 e. The van der Waals surface area contributed by atoms with E-state index in [0.29, 0.717) is 23.6 Å². The Labute approximate surface area is 132 Å². The van der Waals surface area contributed by atoms with Crippen molar-refractivity contribution in [3.8, 4) is 0 Å². The molecule has 0 bridgehead atoms. The highest BCUT2D eigenvalue weighted by atomic mass is 35.5. The number of nitrogens with one attached hydrogen (secondary N) is 2. The van der Waals surface area contributed by atoms with E-state index < -0.39 is 0 Å². The van der Waals surface area contributed by atoms with E-state index in [1.54, 1.807) is 30.3 Å². The first-order valence-electron chi connectivity index (χ1n) is 6.93. The fraction of sp³-hybridized carbons (Fsp3) is 0.118. The van der Waals surface area contributed by atoms with Crippen molar-refractivity contribution < 1.29 is 9.18 Å².